The third-order valence-electron chi connectivity index (χ3n) is 3.85. The first-order chi connectivity index (χ1) is 9.51. The molecule has 0 amide bonds. The van der Waals surface area contributed by atoms with Gasteiger partial charge >= 0.3 is 0 Å². The van der Waals surface area contributed by atoms with Crippen molar-refractivity contribution in [2.75, 3.05) is 12.8 Å². The van der Waals surface area contributed by atoms with Gasteiger partial charge in [-0.25, -0.2) is 4.39 Å². The van der Waals surface area contributed by atoms with Crippen LogP contribution in [0.5, 0.6) is 0 Å². The highest BCUT2D eigenvalue weighted by Crippen LogP contribution is 2.37. The Kier molecular flexibility index (Phi) is 6.09. The minimum atomic E-state index is -0.201. The van der Waals surface area contributed by atoms with Crippen molar-refractivity contribution in [3.63, 3.8) is 0 Å². The molecule has 1 aromatic rings. The number of benzene rings is 1. The number of hydrogen-bond acceptors (Lipinski definition) is 3. The minimum absolute atomic E-state index is 0.201. The Bertz CT molecular complexity index is 457. The highest BCUT2D eigenvalue weighted by molar-refractivity contribution is 8.07. The Labute approximate surface area is 134 Å². The summed E-state index contributed by atoms with van der Waals surface area (Å²) in [5, 5.41) is 5.68. The van der Waals surface area contributed by atoms with Gasteiger partial charge in [-0.15, -0.1) is 0 Å². The lowest BCUT2D eigenvalue weighted by atomic mass is 10.0. The van der Waals surface area contributed by atoms with Crippen LogP contribution in [0.3, 0.4) is 0 Å². The molecular formula is C15H21ClFNS2. The van der Waals surface area contributed by atoms with E-state index in [2.05, 4.69) is 19.2 Å². The van der Waals surface area contributed by atoms with Crippen molar-refractivity contribution in [3.8, 4) is 0 Å². The van der Waals surface area contributed by atoms with Crippen LogP contribution >= 0.6 is 35.1 Å². The Morgan fingerprint density at radius 2 is 2.15 bits per heavy atom. The Hall–Kier alpha value is 0.1000. The van der Waals surface area contributed by atoms with E-state index >= 15 is 0 Å². The molecule has 20 heavy (non-hydrogen) atoms. The summed E-state index contributed by atoms with van der Waals surface area (Å²) in [6.45, 7) is 4.57. The predicted octanol–water partition coefficient (Wildman–Crippen LogP) is 4.24. The lowest BCUT2D eigenvalue weighted by molar-refractivity contribution is 0.531. The zero-order valence-corrected chi connectivity index (χ0v) is 14.4. The molecule has 2 rings (SSSR count). The molecule has 1 saturated heterocycles. The molecule has 0 aromatic heterocycles. The summed E-state index contributed by atoms with van der Waals surface area (Å²) in [6.07, 6.45) is 0.707. The largest absolute Gasteiger partial charge is 0.316 e. The van der Waals surface area contributed by atoms with Gasteiger partial charge in [0.1, 0.15) is 5.82 Å². The predicted molar refractivity (Wildman–Crippen MR) is 90.7 cm³/mol. The first-order valence-electron chi connectivity index (χ1n) is 6.89. The van der Waals surface area contributed by atoms with Crippen molar-refractivity contribution in [2.45, 2.75) is 42.1 Å². The highest BCUT2D eigenvalue weighted by Gasteiger charge is 2.31. The van der Waals surface area contributed by atoms with E-state index in [1.165, 1.54) is 6.07 Å². The number of thioether (sulfide) groups is 2. The minimum Gasteiger partial charge on any atom is -0.316 e. The molecule has 0 spiro atoms. The summed E-state index contributed by atoms with van der Waals surface area (Å²) >= 11 is 9.85. The van der Waals surface area contributed by atoms with E-state index in [1.807, 2.05) is 30.6 Å². The first kappa shape index (κ1) is 16.5. The Morgan fingerprint density at radius 1 is 1.40 bits per heavy atom. The first-order valence-corrected chi connectivity index (χ1v) is 9.26. The maximum Gasteiger partial charge on any atom is 0.127 e. The number of halogens is 2. The fraction of sp³-hybridized carbons (Fsp3) is 0.600. The van der Waals surface area contributed by atoms with Crippen LogP contribution in [0, 0.1) is 5.82 Å². The monoisotopic (exact) mass is 333 g/mol. The lowest BCUT2D eigenvalue weighted by Crippen LogP contribution is -2.43. The number of nitrogens with one attached hydrogen (secondary N) is 1. The van der Waals surface area contributed by atoms with Crippen LogP contribution in [-0.4, -0.2) is 34.6 Å². The molecule has 1 aliphatic rings. The third-order valence-corrected chi connectivity index (χ3v) is 7.63. The Balaban J connectivity index is 2.05. The molecular weight excluding hydrogens is 313 g/mol. The van der Waals surface area contributed by atoms with Crippen LogP contribution in [0.15, 0.2) is 18.2 Å². The van der Waals surface area contributed by atoms with Gasteiger partial charge in [0, 0.05) is 32.6 Å². The summed E-state index contributed by atoms with van der Waals surface area (Å²) < 4.78 is 13.9. The van der Waals surface area contributed by atoms with Crippen LogP contribution in [0.2, 0.25) is 5.02 Å². The van der Waals surface area contributed by atoms with Gasteiger partial charge in [-0.3, -0.25) is 0 Å². The third kappa shape index (κ3) is 4.06. The van der Waals surface area contributed by atoms with Crippen molar-refractivity contribution in [3.05, 3.63) is 34.6 Å². The summed E-state index contributed by atoms with van der Waals surface area (Å²) in [7, 11) is 1.96. The van der Waals surface area contributed by atoms with Gasteiger partial charge in [-0.2, -0.15) is 23.5 Å². The number of likely N-dealkylation sites (N-methyl/N-ethyl adjacent to an activating group) is 1. The zero-order valence-electron chi connectivity index (χ0n) is 12.0. The van der Waals surface area contributed by atoms with E-state index in [9.17, 15) is 4.39 Å². The van der Waals surface area contributed by atoms with E-state index < -0.39 is 0 Å². The standard InChI is InChI=1S/C15H21ClFNS2/c1-9-10(2)20-15(8-19-9)14(18-3)6-11-4-5-12(16)7-13(11)17/h4-5,7,9-10,14-15,18H,6,8H2,1-3H3. The van der Waals surface area contributed by atoms with E-state index in [0.29, 0.717) is 27.2 Å². The van der Waals surface area contributed by atoms with Gasteiger partial charge in [-0.1, -0.05) is 31.5 Å². The zero-order chi connectivity index (χ0) is 14.7. The summed E-state index contributed by atoms with van der Waals surface area (Å²) in [5.41, 5.74) is 0.741. The van der Waals surface area contributed by atoms with Crippen LogP contribution in [0.25, 0.3) is 0 Å². The molecule has 0 saturated carbocycles. The molecule has 112 valence electrons. The average molecular weight is 334 g/mol. The van der Waals surface area contributed by atoms with Crippen LogP contribution < -0.4 is 5.32 Å². The highest BCUT2D eigenvalue weighted by atomic mass is 35.5. The van der Waals surface area contributed by atoms with Crippen LogP contribution in [0.1, 0.15) is 19.4 Å². The smallest absolute Gasteiger partial charge is 0.127 e. The van der Waals surface area contributed by atoms with Gasteiger partial charge in [0.15, 0.2) is 0 Å². The van der Waals surface area contributed by atoms with Crippen molar-refractivity contribution in [2.24, 2.45) is 0 Å². The molecule has 1 aliphatic heterocycles. The lowest BCUT2D eigenvalue weighted by Gasteiger charge is -2.36. The molecule has 1 nitrogen and oxygen atoms in total. The molecule has 0 bridgehead atoms. The number of hydrogen-bond donors (Lipinski definition) is 1. The van der Waals surface area contributed by atoms with Crippen LogP contribution in [0.4, 0.5) is 4.39 Å². The fourth-order valence-corrected chi connectivity index (χ4v) is 5.69. The van der Waals surface area contributed by atoms with E-state index in [-0.39, 0.29) is 11.9 Å². The molecule has 4 unspecified atom stereocenters. The summed E-state index contributed by atoms with van der Waals surface area (Å²) in [4.78, 5) is 0. The second-order valence-corrected chi connectivity index (χ2v) is 8.72. The van der Waals surface area contributed by atoms with Gasteiger partial charge in [0.05, 0.1) is 0 Å². The second-order valence-electron chi connectivity index (χ2n) is 5.25. The maximum absolute atomic E-state index is 13.9. The molecule has 0 aliphatic carbocycles. The van der Waals surface area contributed by atoms with Gasteiger partial charge < -0.3 is 5.32 Å². The second kappa shape index (κ2) is 7.39. The van der Waals surface area contributed by atoms with Crippen molar-refractivity contribution in [1.29, 1.82) is 0 Å². The summed E-state index contributed by atoms with van der Waals surface area (Å²) in [6, 6.07) is 5.25. The molecule has 4 atom stereocenters. The molecule has 5 heteroatoms. The van der Waals surface area contributed by atoms with Gasteiger partial charge in [0.25, 0.3) is 0 Å². The SMILES string of the molecule is CNC(Cc1ccc(Cl)cc1F)C1CSC(C)C(C)S1. The molecule has 1 heterocycles. The van der Waals surface area contributed by atoms with E-state index in [1.54, 1.807) is 12.1 Å². The van der Waals surface area contributed by atoms with Crippen LogP contribution in [-0.2, 0) is 6.42 Å². The number of rotatable bonds is 4. The van der Waals surface area contributed by atoms with Crippen molar-refractivity contribution >= 4 is 35.1 Å². The average Bonchev–Trinajstić information content (AvgIpc) is 2.41. The van der Waals surface area contributed by atoms with Gasteiger partial charge in [-0.05, 0) is 31.2 Å². The fourth-order valence-electron chi connectivity index (χ4n) is 2.36. The quantitative estimate of drug-likeness (QED) is 0.885. The molecule has 1 N–H and O–H groups in total. The van der Waals surface area contributed by atoms with E-state index in [0.717, 1.165) is 11.3 Å². The van der Waals surface area contributed by atoms with Crippen molar-refractivity contribution in [1.82, 2.24) is 5.32 Å². The Morgan fingerprint density at radius 3 is 2.75 bits per heavy atom. The van der Waals surface area contributed by atoms with Gasteiger partial charge in [0.2, 0.25) is 0 Å². The molecule has 0 radical (unpaired) electrons. The molecule has 1 aromatic carbocycles. The normalized spacial score (nSPS) is 28.4. The van der Waals surface area contributed by atoms with Crippen molar-refractivity contribution < 1.29 is 4.39 Å². The molecule has 1 fully saturated rings. The maximum atomic E-state index is 13.9. The summed E-state index contributed by atoms with van der Waals surface area (Å²) in [5.74, 6) is 0.921. The van der Waals surface area contributed by atoms with E-state index in [4.69, 9.17) is 11.6 Å². The topological polar surface area (TPSA) is 12.0 Å².